The maximum atomic E-state index is 13.6. The molecule has 1 amide bonds. The van der Waals surface area contributed by atoms with Crippen LogP contribution in [0.25, 0.3) is 22.2 Å². The first-order valence-electron chi connectivity index (χ1n) is 10.5. The largest absolute Gasteiger partial charge is 0.368 e. The Hall–Kier alpha value is -3.08. The lowest BCUT2D eigenvalue weighted by Gasteiger charge is -2.36. The molecule has 0 spiro atoms. The predicted molar refractivity (Wildman–Crippen MR) is 132 cm³/mol. The molecular weight excluding hydrogens is 441 g/mol. The van der Waals surface area contributed by atoms with Gasteiger partial charge in [-0.05, 0) is 42.5 Å². The van der Waals surface area contributed by atoms with E-state index in [0.717, 1.165) is 46.0 Å². The van der Waals surface area contributed by atoms with Crippen LogP contribution in [0.5, 0.6) is 0 Å². The Balaban J connectivity index is 1.46. The minimum Gasteiger partial charge on any atom is -0.368 e. The van der Waals surface area contributed by atoms with Gasteiger partial charge in [-0.1, -0.05) is 59.6 Å². The third-order valence-corrected chi connectivity index (χ3v) is 6.28. The van der Waals surface area contributed by atoms with Crippen molar-refractivity contribution in [2.24, 2.45) is 0 Å². The summed E-state index contributed by atoms with van der Waals surface area (Å²) < 4.78 is 0. The quantitative estimate of drug-likeness (QED) is 0.365. The van der Waals surface area contributed by atoms with E-state index in [9.17, 15) is 4.79 Å². The van der Waals surface area contributed by atoms with E-state index in [4.69, 9.17) is 28.2 Å². The normalized spacial score (nSPS) is 14.1. The summed E-state index contributed by atoms with van der Waals surface area (Å²) in [6, 6.07) is 25.1. The van der Waals surface area contributed by atoms with Gasteiger partial charge in [0.2, 0.25) is 0 Å². The van der Waals surface area contributed by atoms with E-state index in [1.54, 1.807) is 0 Å². The Morgan fingerprint density at radius 3 is 2.28 bits per heavy atom. The summed E-state index contributed by atoms with van der Waals surface area (Å²) in [4.78, 5) is 22.6. The monoisotopic (exact) mass is 461 g/mol. The topological polar surface area (TPSA) is 36.4 Å². The number of benzene rings is 3. The summed E-state index contributed by atoms with van der Waals surface area (Å²) in [5, 5.41) is 2.08. The van der Waals surface area contributed by atoms with Gasteiger partial charge in [-0.3, -0.25) is 4.79 Å². The van der Waals surface area contributed by atoms with Gasteiger partial charge in [-0.2, -0.15) is 0 Å². The standard InChI is InChI=1S/C26H21Cl2N3O/c27-19-7-4-8-21(15-19)30-11-13-31(14-12-30)26(32)23-17-25(18-5-2-1-3-6-18)29-24-10-9-20(28)16-22(23)24/h1-10,15-17H,11-14H2. The number of carbonyl (C=O) groups is 1. The highest BCUT2D eigenvalue weighted by atomic mass is 35.5. The van der Waals surface area contributed by atoms with E-state index in [-0.39, 0.29) is 5.91 Å². The van der Waals surface area contributed by atoms with Gasteiger partial charge in [0.25, 0.3) is 5.91 Å². The Morgan fingerprint density at radius 1 is 0.781 bits per heavy atom. The third-order valence-electron chi connectivity index (χ3n) is 5.81. The molecule has 32 heavy (non-hydrogen) atoms. The molecular formula is C26H21Cl2N3O. The van der Waals surface area contributed by atoms with Crippen LogP contribution >= 0.6 is 23.2 Å². The Kier molecular flexibility index (Phi) is 5.73. The van der Waals surface area contributed by atoms with Gasteiger partial charge in [0.1, 0.15) is 0 Å². The fraction of sp³-hybridized carbons (Fsp3) is 0.154. The van der Waals surface area contributed by atoms with Crippen LogP contribution in [0.1, 0.15) is 10.4 Å². The van der Waals surface area contributed by atoms with Crippen LogP contribution in [-0.4, -0.2) is 42.0 Å². The molecule has 1 fully saturated rings. The van der Waals surface area contributed by atoms with Crippen molar-refractivity contribution in [2.75, 3.05) is 31.1 Å². The molecule has 0 aliphatic carbocycles. The van der Waals surface area contributed by atoms with Crippen molar-refractivity contribution in [3.8, 4) is 11.3 Å². The number of rotatable bonds is 3. The van der Waals surface area contributed by atoms with Gasteiger partial charge in [0.05, 0.1) is 16.8 Å². The lowest BCUT2D eigenvalue weighted by Crippen LogP contribution is -2.48. The molecule has 1 saturated heterocycles. The molecule has 4 aromatic rings. The molecule has 0 unspecified atom stereocenters. The molecule has 0 saturated carbocycles. The van der Waals surface area contributed by atoms with Crippen molar-refractivity contribution >= 4 is 45.7 Å². The lowest BCUT2D eigenvalue weighted by atomic mass is 10.0. The van der Waals surface area contributed by atoms with E-state index in [1.807, 2.05) is 83.8 Å². The minimum atomic E-state index is 0.00240. The number of fused-ring (bicyclic) bond motifs is 1. The molecule has 6 heteroatoms. The smallest absolute Gasteiger partial charge is 0.254 e. The second-order valence-electron chi connectivity index (χ2n) is 7.84. The first-order valence-corrected chi connectivity index (χ1v) is 11.3. The SMILES string of the molecule is O=C(c1cc(-c2ccccc2)nc2ccc(Cl)cc12)N1CCN(c2cccc(Cl)c2)CC1. The third kappa shape index (κ3) is 4.16. The summed E-state index contributed by atoms with van der Waals surface area (Å²) in [6.45, 7) is 2.77. The lowest BCUT2D eigenvalue weighted by molar-refractivity contribution is 0.0748. The van der Waals surface area contributed by atoms with Crippen LogP contribution in [-0.2, 0) is 0 Å². The molecule has 0 radical (unpaired) electrons. The van der Waals surface area contributed by atoms with Crippen LogP contribution in [0.4, 0.5) is 5.69 Å². The highest BCUT2D eigenvalue weighted by molar-refractivity contribution is 6.31. The number of pyridine rings is 1. The Labute approximate surface area is 197 Å². The number of halogens is 2. The Morgan fingerprint density at radius 2 is 1.53 bits per heavy atom. The van der Waals surface area contributed by atoms with Gasteiger partial charge in [-0.15, -0.1) is 0 Å². The molecule has 1 aliphatic heterocycles. The average molecular weight is 462 g/mol. The van der Waals surface area contributed by atoms with Gasteiger partial charge < -0.3 is 9.80 Å². The first kappa shape index (κ1) is 20.8. The molecule has 0 bridgehead atoms. The zero-order valence-electron chi connectivity index (χ0n) is 17.3. The molecule has 2 heterocycles. The van der Waals surface area contributed by atoms with Gasteiger partial charge in [-0.25, -0.2) is 4.98 Å². The number of hydrogen-bond acceptors (Lipinski definition) is 3. The molecule has 160 valence electrons. The van der Waals surface area contributed by atoms with Gasteiger partial charge >= 0.3 is 0 Å². The van der Waals surface area contributed by atoms with Gasteiger partial charge in [0.15, 0.2) is 0 Å². The molecule has 0 N–H and O–H groups in total. The first-order chi connectivity index (χ1) is 15.6. The number of carbonyl (C=O) groups excluding carboxylic acids is 1. The van der Waals surface area contributed by atoms with E-state index in [2.05, 4.69) is 4.90 Å². The Bertz CT molecular complexity index is 1290. The zero-order valence-corrected chi connectivity index (χ0v) is 18.9. The summed E-state index contributed by atoms with van der Waals surface area (Å²) in [5.41, 5.74) is 4.23. The van der Waals surface area contributed by atoms with Gasteiger partial charge in [0, 0.05) is 52.9 Å². The molecule has 4 nitrogen and oxygen atoms in total. The number of anilines is 1. The maximum absolute atomic E-state index is 13.6. The molecule has 3 aromatic carbocycles. The number of hydrogen-bond donors (Lipinski definition) is 0. The fourth-order valence-electron chi connectivity index (χ4n) is 4.14. The number of nitrogens with zero attached hydrogens (tertiary/aromatic N) is 3. The van der Waals surface area contributed by atoms with Crippen LogP contribution < -0.4 is 4.90 Å². The summed E-state index contributed by atoms with van der Waals surface area (Å²) in [7, 11) is 0. The summed E-state index contributed by atoms with van der Waals surface area (Å²) in [6.07, 6.45) is 0. The van der Waals surface area contributed by atoms with Crippen LogP contribution in [0.15, 0.2) is 78.9 Å². The highest BCUT2D eigenvalue weighted by Gasteiger charge is 2.25. The number of aromatic nitrogens is 1. The summed E-state index contributed by atoms with van der Waals surface area (Å²) >= 11 is 12.4. The van der Waals surface area contributed by atoms with Crippen molar-refractivity contribution < 1.29 is 4.79 Å². The van der Waals surface area contributed by atoms with Crippen LogP contribution in [0, 0.1) is 0 Å². The van der Waals surface area contributed by atoms with E-state index >= 15 is 0 Å². The van der Waals surface area contributed by atoms with E-state index < -0.39 is 0 Å². The van der Waals surface area contributed by atoms with Crippen molar-refractivity contribution in [1.82, 2.24) is 9.88 Å². The molecule has 1 aliphatic rings. The van der Waals surface area contributed by atoms with Crippen LogP contribution in [0.2, 0.25) is 10.0 Å². The van der Waals surface area contributed by atoms with Crippen molar-refractivity contribution in [3.63, 3.8) is 0 Å². The molecule has 0 atom stereocenters. The van der Waals surface area contributed by atoms with Crippen LogP contribution in [0.3, 0.4) is 0 Å². The molecule has 1 aromatic heterocycles. The number of piperazine rings is 1. The van der Waals surface area contributed by atoms with Crippen molar-refractivity contribution in [2.45, 2.75) is 0 Å². The predicted octanol–water partition coefficient (Wildman–Crippen LogP) is 6.17. The average Bonchev–Trinajstić information content (AvgIpc) is 2.83. The fourth-order valence-corrected chi connectivity index (χ4v) is 4.50. The zero-order chi connectivity index (χ0) is 22.1. The highest BCUT2D eigenvalue weighted by Crippen LogP contribution is 2.29. The number of amides is 1. The van der Waals surface area contributed by atoms with Crippen molar-refractivity contribution in [3.05, 3.63) is 94.5 Å². The van der Waals surface area contributed by atoms with E-state index in [1.165, 1.54) is 0 Å². The second kappa shape index (κ2) is 8.81. The molecule has 5 rings (SSSR count). The minimum absolute atomic E-state index is 0.00240. The maximum Gasteiger partial charge on any atom is 0.254 e. The summed E-state index contributed by atoms with van der Waals surface area (Å²) in [5.74, 6) is 0.00240. The van der Waals surface area contributed by atoms with E-state index in [0.29, 0.717) is 23.7 Å². The second-order valence-corrected chi connectivity index (χ2v) is 8.71. The van der Waals surface area contributed by atoms with Crippen molar-refractivity contribution in [1.29, 1.82) is 0 Å².